The fraction of sp³-hybridized carbons (Fsp3) is 0.750. The minimum atomic E-state index is 0.356. The molecule has 122 valence electrons. The summed E-state index contributed by atoms with van der Waals surface area (Å²) in [7, 11) is 0. The normalized spacial score (nSPS) is 25.8. The molecule has 1 saturated heterocycles. The Hall–Kier alpha value is -1.76. The quantitative estimate of drug-likeness (QED) is 0.838. The molecule has 5 rings (SSSR count). The predicted octanol–water partition coefficient (Wildman–Crippen LogP) is 2.59. The van der Waals surface area contributed by atoms with Gasteiger partial charge in [-0.25, -0.2) is 0 Å². The van der Waals surface area contributed by atoms with Crippen LogP contribution in [-0.2, 0) is 6.54 Å². The van der Waals surface area contributed by atoms with E-state index in [9.17, 15) is 0 Å². The van der Waals surface area contributed by atoms with Crippen LogP contribution in [0.1, 0.15) is 79.7 Å². The monoisotopic (exact) mass is 315 g/mol. The van der Waals surface area contributed by atoms with Gasteiger partial charge in [-0.2, -0.15) is 9.97 Å². The molecule has 0 N–H and O–H groups in total. The molecule has 0 aromatic carbocycles. The zero-order chi connectivity index (χ0) is 15.2. The lowest BCUT2D eigenvalue weighted by Crippen LogP contribution is -2.34. The van der Waals surface area contributed by atoms with Gasteiger partial charge in [-0.05, 0) is 45.1 Å². The first-order valence-electron chi connectivity index (χ1n) is 8.73. The number of likely N-dealkylation sites (tertiary alicyclic amines) is 1. The highest BCUT2D eigenvalue weighted by Crippen LogP contribution is 2.40. The smallest absolute Gasteiger partial charge is 0.229 e. The summed E-state index contributed by atoms with van der Waals surface area (Å²) in [5.74, 6) is 4.74. The first-order chi connectivity index (χ1) is 11.3. The zero-order valence-electron chi connectivity index (χ0n) is 13.1. The third kappa shape index (κ3) is 2.89. The minimum Gasteiger partial charge on any atom is -0.339 e. The molecule has 0 amide bonds. The summed E-state index contributed by atoms with van der Waals surface area (Å²) in [5, 5.41) is 8.34. The molecule has 2 aromatic rings. The lowest BCUT2D eigenvalue weighted by atomic mass is 9.97. The maximum atomic E-state index is 5.41. The zero-order valence-corrected chi connectivity index (χ0v) is 13.1. The van der Waals surface area contributed by atoms with E-state index in [0.29, 0.717) is 17.8 Å². The van der Waals surface area contributed by atoms with Crippen LogP contribution in [0.3, 0.4) is 0 Å². The fourth-order valence-electron chi connectivity index (χ4n) is 3.35. The van der Waals surface area contributed by atoms with Crippen molar-refractivity contribution in [1.82, 2.24) is 25.2 Å². The van der Waals surface area contributed by atoms with Gasteiger partial charge in [-0.1, -0.05) is 10.3 Å². The Kier molecular flexibility index (Phi) is 3.21. The van der Waals surface area contributed by atoms with E-state index >= 15 is 0 Å². The van der Waals surface area contributed by atoms with Crippen molar-refractivity contribution in [3.8, 4) is 0 Å². The molecule has 0 radical (unpaired) electrons. The van der Waals surface area contributed by atoms with Crippen LogP contribution in [0.15, 0.2) is 9.05 Å². The second-order valence-electron chi connectivity index (χ2n) is 7.16. The molecule has 7 nitrogen and oxygen atoms in total. The third-order valence-electron chi connectivity index (χ3n) is 5.03. The van der Waals surface area contributed by atoms with Gasteiger partial charge in [-0.3, -0.25) is 4.90 Å². The van der Waals surface area contributed by atoms with Gasteiger partial charge in [0.2, 0.25) is 11.8 Å². The van der Waals surface area contributed by atoms with Crippen molar-refractivity contribution in [3.63, 3.8) is 0 Å². The van der Waals surface area contributed by atoms with E-state index < -0.39 is 0 Å². The van der Waals surface area contributed by atoms with Crippen LogP contribution < -0.4 is 0 Å². The van der Waals surface area contributed by atoms with E-state index in [1.807, 2.05) is 0 Å². The van der Waals surface area contributed by atoms with Crippen LogP contribution in [0.25, 0.3) is 0 Å². The molecule has 2 aliphatic carbocycles. The van der Waals surface area contributed by atoms with Gasteiger partial charge in [0, 0.05) is 24.3 Å². The van der Waals surface area contributed by atoms with Gasteiger partial charge < -0.3 is 9.05 Å². The summed E-state index contributed by atoms with van der Waals surface area (Å²) in [5.41, 5.74) is 0. The summed E-state index contributed by atoms with van der Waals surface area (Å²) in [6.07, 6.45) is 7.04. The van der Waals surface area contributed by atoms with Gasteiger partial charge in [-0.15, -0.1) is 0 Å². The standard InChI is InChI=1S/C16H21N5O2/c1-2-12(14-18-16(23-20-14)11-5-6-11)8-21(7-1)9-13-17-15(22-19-13)10-3-4-10/h10-12H,1-9H2/t12-/m1/s1. The van der Waals surface area contributed by atoms with Crippen LogP contribution >= 0.6 is 0 Å². The molecule has 0 spiro atoms. The number of piperidine rings is 1. The molecule has 0 bridgehead atoms. The lowest BCUT2D eigenvalue weighted by Gasteiger charge is -2.30. The molecule has 2 saturated carbocycles. The molecule has 3 aliphatic rings. The number of hydrogen-bond acceptors (Lipinski definition) is 7. The van der Waals surface area contributed by atoms with Crippen LogP contribution in [-0.4, -0.2) is 38.3 Å². The topological polar surface area (TPSA) is 81.1 Å². The van der Waals surface area contributed by atoms with Gasteiger partial charge >= 0.3 is 0 Å². The molecule has 0 unspecified atom stereocenters. The molecule has 23 heavy (non-hydrogen) atoms. The van der Waals surface area contributed by atoms with E-state index in [2.05, 4.69) is 25.2 Å². The largest absolute Gasteiger partial charge is 0.339 e. The van der Waals surface area contributed by atoms with E-state index in [4.69, 9.17) is 9.05 Å². The van der Waals surface area contributed by atoms with E-state index in [0.717, 1.165) is 55.9 Å². The molecule has 2 aromatic heterocycles. The Morgan fingerprint density at radius 3 is 2.39 bits per heavy atom. The first kappa shape index (κ1) is 13.7. The summed E-state index contributed by atoms with van der Waals surface area (Å²) in [6, 6.07) is 0. The maximum Gasteiger partial charge on any atom is 0.229 e. The minimum absolute atomic E-state index is 0.356. The van der Waals surface area contributed by atoms with Crippen LogP contribution in [0.5, 0.6) is 0 Å². The van der Waals surface area contributed by atoms with Crippen molar-refractivity contribution in [2.24, 2.45) is 0 Å². The van der Waals surface area contributed by atoms with Crippen molar-refractivity contribution in [3.05, 3.63) is 23.4 Å². The van der Waals surface area contributed by atoms with Crippen molar-refractivity contribution in [2.45, 2.75) is 62.8 Å². The first-order valence-corrected chi connectivity index (χ1v) is 8.73. The summed E-state index contributed by atoms with van der Waals surface area (Å²) < 4.78 is 10.8. The second kappa shape index (κ2) is 5.40. The van der Waals surface area contributed by atoms with Crippen LogP contribution in [0, 0.1) is 0 Å². The van der Waals surface area contributed by atoms with E-state index in [1.54, 1.807) is 0 Å². The summed E-state index contributed by atoms with van der Waals surface area (Å²) in [4.78, 5) is 11.5. The van der Waals surface area contributed by atoms with Crippen molar-refractivity contribution < 1.29 is 9.05 Å². The molecule has 1 aliphatic heterocycles. The Labute approximate surface area is 134 Å². The average Bonchev–Trinajstić information content (AvgIpc) is 3.51. The fourth-order valence-corrected chi connectivity index (χ4v) is 3.35. The Balaban J connectivity index is 1.24. The SMILES string of the molecule is C1C[C@@H](c2noc(C3CC3)n2)CN(Cc2noc(C3CC3)n2)C1. The lowest BCUT2D eigenvalue weighted by molar-refractivity contribution is 0.188. The van der Waals surface area contributed by atoms with Gasteiger partial charge in [0.15, 0.2) is 11.6 Å². The Morgan fingerprint density at radius 2 is 1.61 bits per heavy atom. The van der Waals surface area contributed by atoms with Crippen LogP contribution in [0.2, 0.25) is 0 Å². The molecule has 3 heterocycles. The number of hydrogen-bond donors (Lipinski definition) is 0. The van der Waals surface area contributed by atoms with Crippen LogP contribution in [0.4, 0.5) is 0 Å². The number of aromatic nitrogens is 4. The summed E-state index contributed by atoms with van der Waals surface area (Å²) in [6.45, 7) is 2.76. The van der Waals surface area contributed by atoms with Crippen molar-refractivity contribution in [1.29, 1.82) is 0 Å². The molecule has 3 fully saturated rings. The molecular formula is C16H21N5O2. The van der Waals surface area contributed by atoms with E-state index in [1.165, 1.54) is 25.7 Å². The van der Waals surface area contributed by atoms with Crippen molar-refractivity contribution >= 4 is 0 Å². The Bertz CT molecular complexity index is 688. The summed E-state index contributed by atoms with van der Waals surface area (Å²) >= 11 is 0. The van der Waals surface area contributed by atoms with Crippen molar-refractivity contribution in [2.75, 3.05) is 13.1 Å². The molecule has 7 heteroatoms. The predicted molar refractivity (Wildman–Crippen MR) is 79.8 cm³/mol. The van der Waals surface area contributed by atoms with E-state index in [-0.39, 0.29) is 0 Å². The Morgan fingerprint density at radius 1 is 0.870 bits per heavy atom. The molecule has 1 atom stereocenters. The highest BCUT2D eigenvalue weighted by molar-refractivity contribution is 5.06. The molecular weight excluding hydrogens is 294 g/mol. The number of rotatable bonds is 5. The highest BCUT2D eigenvalue weighted by atomic mass is 16.5. The maximum absolute atomic E-state index is 5.41. The van der Waals surface area contributed by atoms with Gasteiger partial charge in [0.25, 0.3) is 0 Å². The number of nitrogens with zero attached hydrogens (tertiary/aromatic N) is 5. The van der Waals surface area contributed by atoms with Gasteiger partial charge in [0.05, 0.1) is 6.54 Å². The highest BCUT2D eigenvalue weighted by Gasteiger charge is 2.33. The second-order valence-corrected chi connectivity index (χ2v) is 7.16. The van der Waals surface area contributed by atoms with Gasteiger partial charge in [0.1, 0.15) is 0 Å². The third-order valence-corrected chi connectivity index (χ3v) is 5.03. The average molecular weight is 315 g/mol.